The third-order valence-electron chi connectivity index (χ3n) is 4.47. The molecule has 4 rings (SSSR count). The lowest BCUT2D eigenvalue weighted by Crippen LogP contribution is -2.09. The van der Waals surface area contributed by atoms with Gasteiger partial charge in [0.15, 0.2) is 0 Å². The van der Waals surface area contributed by atoms with Crippen LogP contribution in [0.15, 0.2) is 69.9 Å². The lowest BCUT2D eigenvalue weighted by molar-refractivity contribution is 0.0467. The normalized spacial score (nSPS) is 11.0. The highest BCUT2D eigenvalue weighted by molar-refractivity contribution is 5.91. The second-order valence-electron chi connectivity index (χ2n) is 6.24. The van der Waals surface area contributed by atoms with Crippen LogP contribution in [0.25, 0.3) is 21.9 Å². The number of carbonyl (C=O) groups excluding carboxylic acids is 1. The number of para-hydroxylation sites is 1. The molecule has 5 nitrogen and oxygen atoms in total. The molecular formula is C22H17NO4. The maximum Gasteiger partial charge on any atom is 0.357 e. The van der Waals surface area contributed by atoms with Crippen molar-refractivity contribution in [3.05, 3.63) is 87.9 Å². The highest BCUT2D eigenvalue weighted by Crippen LogP contribution is 2.20. The molecule has 0 N–H and O–H groups in total. The van der Waals surface area contributed by atoms with E-state index in [1.54, 1.807) is 6.07 Å². The van der Waals surface area contributed by atoms with Crippen molar-refractivity contribution in [2.75, 3.05) is 0 Å². The molecule has 0 aliphatic heterocycles. The minimum absolute atomic E-state index is 0.0269. The zero-order chi connectivity index (χ0) is 18.8. The Kier molecular flexibility index (Phi) is 4.42. The van der Waals surface area contributed by atoms with Gasteiger partial charge in [-0.05, 0) is 30.2 Å². The van der Waals surface area contributed by atoms with E-state index in [-0.39, 0.29) is 12.3 Å². The van der Waals surface area contributed by atoms with Gasteiger partial charge in [0.1, 0.15) is 17.9 Å². The smallest absolute Gasteiger partial charge is 0.357 e. The van der Waals surface area contributed by atoms with Crippen LogP contribution in [0.3, 0.4) is 0 Å². The van der Waals surface area contributed by atoms with E-state index in [0.717, 1.165) is 28.3 Å². The zero-order valence-electron chi connectivity index (χ0n) is 14.8. The molecule has 0 unspecified atom stereocenters. The van der Waals surface area contributed by atoms with Crippen molar-refractivity contribution in [1.82, 2.24) is 4.98 Å². The Morgan fingerprint density at radius 3 is 2.78 bits per heavy atom. The van der Waals surface area contributed by atoms with E-state index >= 15 is 0 Å². The Hall–Kier alpha value is -3.47. The first-order valence-corrected chi connectivity index (χ1v) is 8.72. The van der Waals surface area contributed by atoms with Gasteiger partial charge >= 0.3 is 11.6 Å². The van der Waals surface area contributed by atoms with Crippen LogP contribution in [0.1, 0.15) is 28.5 Å². The van der Waals surface area contributed by atoms with Gasteiger partial charge in [-0.1, -0.05) is 43.3 Å². The summed E-state index contributed by atoms with van der Waals surface area (Å²) in [5.74, 6) is -0.535. The number of aromatic nitrogens is 1. The van der Waals surface area contributed by atoms with E-state index in [1.807, 2.05) is 55.5 Å². The summed E-state index contributed by atoms with van der Waals surface area (Å²) in [4.78, 5) is 28.6. The molecule has 27 heavy (non-hydrogen) atoms. The van der Waals surface area contributed by atoms with E-state index in [4.69, 9.17) is 9.15 Å². The van der Waals surface area contributed by atoms with Crippen molar-refractivity contribution in [1.29, 1.82) is 0 Å². The molecule has 134 valence electrons. The summed E-state index contributed by atoms with van der Waals surface area (Å²) in [7, 11) is 0. The predicted molar refractivity (Wildman–Crippen MR) is 103 cm³/mol. The number of benzene rings is 2. The van der Waals surface area contributed by atoms with Gasteiger partial charge in [-0.3, -0.25) is 0 Å². The minimum atomic E-state index is -0.535. The third kappa shape index (κ3) is 3.44. The van der Waals surface area contributed by atoms with Crippen LogP contribution < -0.4 is 5.63 Å². The predicted octanol–water partition coefficient (Wildman–Crippen LogP) is 4.26. The SMILES string of the molecule is CCc1ccc2c(COC(=O)c3ccc4ccccc4n3)cc(=O)oc2c1. The molecule has 0 atom stereocenters. The second kappa shape index (κ2) is 7.03. The van der Waals surface area contributed by atoms with Gasteiger partial charge in [0.05, 0.1) is 5.52 Å². The summed E-state index contributed by atoms with van der Waals surface area (Å²) in [5.41, 5.74) is 2.67. The zero-order valence-corrected chi connectivity index (χ0v) is 14.8. The number of hydrogen-bond acceptors (Lipinski definition) is 5. The topological polar surface area (TPSA) is 69.4 Å². The van der Waals surface area contributed by atoms with Crippen LogP contribution in [0, 0.1) is 0 Å². The third-order valence-corrected chi connectivity index (χ3v) is 4.47. The van der Waals surface area contributed by atoms with Crippen LogP contribution in [-0.2, 0) is 17.8 Å². The first-order chi connectivity index (χ1) is 13.1. The van der Waals surface area contributed by atoms with Crippen LogP contribution in [0.4, 0.5) is 0 Å². The molecule has 0 spiro atoms. The lowest BCUT2D eigenvalue weighted by Gasteiger charge is -2.08. The first-order valence-electron chi connectivity index (χ1n) is 8.72. The van der Waals surface area contributed by atoms with Gasteiger partial charge < -0.3 is 9.15 Å². The number of nitrogens with zero attached hydrogens (tertiary/aromatic N) is 1. The number of ether oxygens (including phenoxy) is 1. The summed E-state index contributed by atoms with van der Waals surface area (Å²) < 4.78 is 10.7. The molecule has 0 fully saturated rings. The van der Waals surface area contributed by atoms with E-state index in [1.165, 1.54) is 6.07 Å². The molecule has 2 aromatic heterocycles. The summed E-state index contributed by atoms with van der Waals surface area (Å²) in [5, 5.41) is 1.71. The Labute approximate surface area is 155 Å². The van der Waals surface area contributed by atoms with Crippen LogP contribution >= 0.6 is 0 Å². The number of fused-ring (bicyclic) bond motifs is 2. The average Bonchev–Trinajstić information content (AvgIpc) is 2.70. The van der Waals surface area contributed by atoms with Crippen molar-refractivity contribution in [2.24, 2.45) is 0 Å². The molecular weight excluding hydrogens is 342 g/mol. The molecule has 0 radical (unpaired) electrons. The van der Waals surface area contributed by atoms with Gasteiger partial charge in [0.25, 0.3) is 0 Å². The molecule has 0 amide bonds. The highest BCUT2D eigenvalue weighted by Gasteiger charge is 2.13. The van der Waals surface area contributed by atoms with Crippen LogP contribution in [-0.4, -0.2) is 11.0 Å². The number of hydrogen-bond donors (Lipinski definition) is 0. The average molecular weight is 359 g/mol. The second-order valence-corrected chi connectivity index (χ2v) is 6.24. The maximum atomic E-state index is 12.4. The number of esters is 1. The number of pyridine rings is 1. The van der Waals surface area contributed by atoms with E-state index < -0.39 is 11.6 Å². The van der Waals surface area contributed by atoms with Gasteiger partial charge in [-0.25, -0.2) is 14.6 Å². The van der Waals surface area contributed by atoms with Gasteiger partial charge in [-0.15, -0.1) is 0 Å². The standard InChI is InChI=1S/C22H17NO4/c1-2-14-7-9-17-16(12-21(24)27-20(17)11-14)13-26-22(25)19-10-8-15-5-3-4-6-18(15)23-19/h3-12H,2,13H2,1H3. The first kappa shape index (κ1) is 17.0. The Morgan fingerprint density at radius 2 is 1.93 bits per heavy atom. The monoisotopic (exact) mass is 359 g/mol. The largest absolute Gasteiger partial charge is 0.456 e. The molecule has 0 bridgehead atoms. The van der Waals surface area contributed by atoms with Crippen molar-refractivity contribution < 1.29 is 13.9 Å². The number of rotatable bonds is 4. The summed E-state index contributed by atoms with van der Waals surface area (Å²) >= 11 is 0. The summed E-state index contributed by atoms with van der Waals surface area (Å²) in [6, 6.07) is 18.1. The fourth-order valence-corrected chi connectivity index (χ4v) is 3.01. The Bertz CT molecular complexity index is 1210. The molecule has 0 saturated heterocycles. The van der Waals surface area contributed by atoms with Crippen molar-refractivity contribution >= 4 is 27.8 Å². The highest BCUT2D eigenvalue weighted by atomic mass is 16.5. The molecule has 2 aromatic carbocycles. The van der Waals surface area contributed by atoms with Crippen molar-refractivity contribution in [3.8, 4) is 0 Å². The van der Waals surface area contributed by atoms with E-state index in [2.05, 4.69) is 4.98 Å². The molecule has 0 aliphatic carbocycles. The minimum Gasteiger partial charge on any atom is -0.456 e. The van der Waals surface area contributed by atoms with Gasteiger partial charge in [0, 0.05) is 22.4 Å². The van der Waals surface area contributed by atoms with Crippen LogP contribution in [0.5, 0.6) is 0 Å². The lowest BCUT2D eigenvalue weighted by atomic mass is 10.1. The van der Waals surface area contributed by atoms with Gasteiger partial charge in [0.2, 0.25) is 0 Å². The van der Waals surface area contributed by atoms with Crippen LogP contribution in [0.2, 0.25) is 0 Å². The van der Waals surface area contributed by atoms with Gasteiger partial charge in [-0.2, -0.15) is 0 Å². The quantitative estimate of drug-likeness (QED) is 0.402. The molecule has 4 aromatic rings. The number of aryl methyl sites for hydroxylation is 1. The molecule has 0 aliphatic rings. The van der Waals surface area contributed by atoms with E-state index in [0.29, 0.717) is 11.1 Å². The van der Waals surface area contributed by atoms with E-state index in [9.17, 15) is 9.59 Å². The fraction of sp³-hybridized carbons (Fsp3) is 0.136. The Balaban J connectivity index is 1.60. The number of carbonyl (C=O) groups is 1. The van der Waals surface area contributed by atoms with Crippen molar-refractivity contribution in [2.45, 2.75) is 20.0 Å². The molecule has 5 heteroatoms. The fourth-order valence-electron chi connectivity index (χ4n) is 3.01. The molecule has 0 saturated carbocycles. The molecule has 2 heterocycles. The van der Waals surface area contributed by atoms with Crippen molar-refractivity contribution in [3.63, 3.8) is 0 Å². The maximum absolute atomic E-state index is 12.4. The Morgan fingerprint density at radius 1 is 1.07 bits per heavy atom. The summed E-state index contributed by atoms with van der Waals surface area (Å²) in [6.07, 6.45) is 0.840. The summed E-state index contributed by atoms with van der Waals surface area (Å²) in [6.45, 7) is 2.00.